The van der Waals surface area contributed by atoms with Crippen molar-refractivity contribution in [2.75, 3.05) is 0 Å². The Morgan fingerprint density at radius 3 is 1.48 bits per heavy atom. The number of hydrogen-bond donors (Lipinski definition) is 0. The molecular weight excluding hydrogens is 476 g/mol. The Kier molecular flexibility index (Phi) is 5.91. The monoisotopic (exact) mass is 495 g/mol. The molecule has 2 saturated carbocycles. The van der Waals surface area contributed by atoms with E-state index < -0.39 is 15.6 Å². The summed E-state index contributed by atoms with van der Waals surface area (Å²) in [6.07, 6.45) is 7.74. The standard InChI is InChI=1S/C12H19N3.2F6P/c1-2-13-9-3-5-11(7-9)15-12-6-4-10(8-12)14-15;2*1-7(2,3,4,5)6/h9-12H,3-8H2,1H3;;/q+2;2*-1/t9?,10-,11?,12+;;/m0../s1. The molecular formula is C12H19F12N3P2. The first-order valence-corrected chi connectivity index (χ1v) is 12.3. The molecule has 2 aliphatic carbocycles. The van der Waals surface area contributed by atoms with Crippen LogP contribution in [0.25, 0.3) is 4.85 Å². The minimum atomic E-state index is -10.7. The Morgan fingerprint density at radius 1 is 0.724 bits per heavy atom. The zero-order valence-electron chi connectivity index (χ0n) is 14.8. The third-order valence-electron chi connectivity index (χ3n) is 4.11. The van der Waals surface area contributed by atoms with Crippen LogP contribution in [0.5, 0.6) is 0 Å². The van der Waals surface area contributed by atoms with Gasteiger partial charge in [-0.3, -0.25) is 0 Å². The van der Waals surface area contributed by atoms with Crippen molar-refractivity contribution >= 4 is 15.6 Å². The molecule has 0 aromatic carbocycles. The van der Waals surface area contributed by atoms with E-state index >= 15 is 0 Å². The summed E-state index contributed by atoms with van der Waals surface area (Å²) < 4.78 is 121. The first kappa shape index (κ1) is 26.1. The van der Waals surface area contributed by atoms with Crippen LogP contribution in [0.2, 0.25) is 0 Å². The van der Waals surface area contributed by atoms with Gasteiger partial charge in [-0.15, -0.1) is 4.70 Å². The van der Waals surface area contributed by atoms with E-state index in [1.807, 2.05) is 6.92 Å². The van der Waals surface area contributed by atoms with Crippen molar-refractivity contribution in [2.45, 2.75) is 69.6 Å². The minimum absolute atomic E-state index is 0.523. The Labute approximate surface area is 157 Å². The summed E-state index contributed by atoms with van der Waals surface area (Å²) in [7, 11) is -21.3. The summed E-state index contributed by atoms with van der Waals surface area (Å²) in [5, 5.41) is 4.80. The Morgan fingerprint density at radius 2 is 1.14 bits per heavy atom. The van der Waals surface area contributed by atoms with E-state index in [4.69, 9.17) is 5.11 Å². The predicted octanol–water partition coefficient (Wildman–Crippen LogP) is 9.42. The number of halogens is 12. The van der Waals surface area contributed by atoms with E-state index in [0.29, 0.717) is 18.1 Å². The van der Waals surface area contributed by atoms with Crippen LogP contribution in [0.3, 0.4) is 0 Å². The average molecular weight is 495 g/mol. The molecule has 17 heteroatoms. The van der Waals surface area contributed by atoms with Gasteiger partial charge < -0.3 is 0 Å². The van der Waals surface area contributed by atoms with Crippen LogP contribution >= 0.6 is 15.6 Å². The summed E-state index contributed by atoms with van der Waals surface area (Å²) in [6, 6.07) is 5.57. The van der Waals surface area contributed by atoms with Gasteiger partial charge in [0, 0.05) is 25.7 Å². The zero-order chi connectivity index (χ0) is 23.1. The van der Waals surface area contributed by atoms with Crippen LogP contribution < -0.4 is 0 Å². The maximum atomic E-state index is 9.87. The van der Waals surface area contributed by atoms with Gasteiger partial charge in [-0.05, 0) is 11.5 Å². The molecule has 0 saturated heterocycles. The molecule has 3 rings (SSSR count). The molecule has 2 unspecified atom stereocenters. The second-order valence-corrected chi connectivity index (χ2v) is 10.8. The number of azo groups is 2. The first-order valence-electron chi connectivity index (χ1n) is 8.25. The van der Waals surface area contributed by atoms with E-state index in [2.05, 4.69) is 15.6 Å². The van der Waals surface area contributed by atoms with E-state index in [9.17, 15) is 50.4 Å². The number of nitrogens with zero attached hydrogens (tertiary/aromatic N) is 3. The number of rotatable bonds is 1. The summed E-state index contributed by atoms with van der Waals surface area (Å²) >= 11 is 0. The second kappa shape index (κ2) is 6.55. The van der Waals surface area contributed by atoms with Crippen molar-refractivity contribution < 1.29 is 55.1 Å². The molecule has 1 heterocycles. The number of fused-ring (bicyclic) bond motifs is 2. The molecule has 0 N–H and O–H groups in total. The zero-order valence-corrected chi connectivity index (χ0v) is 16.6. The molecule has 176 valence electrons. The molecule has 3 nitrogen and oxygen atoms in total. The molecule has 0 aromatic heterocycles. The topological polar surface area (TPSA) is 19.7 Å². The molecule has 29 heavy (non-hydrogen) atoms. The molecule has 4 atom stereocenters. The van der Waals surface area contributed by atoms with Gasteiger partial charge in [0.15, 0.2) is 12.1 Å². The molecule has 0 aromatic rings. The molecule has 2 bridgehead atoms. The third-order valence-corrected chi connectivity index (χ3v) is 4.11. The van der Waals surface area contributed by atoms with Crippen molar-refractivity contribution in [3.05, 3.63) is 4.85 Å². The van der Waals surface area contributed by atoms with Gasteiger partial charge in [-0.1, -0.05) is 4.85 Å². The molecule has 2 fully saturated rings. The predicted molar refractivity (Wildman–Crippen MR) is 85.6 cm³/mol. The van der Waals surface area contributed by atoms with Crippen LogP contribution in [0.4, 0.5) is 50.4 Å². The van der Waals surface area contributed by atoms with Gasteiger partial charge in [-0.2, -0.15) is 0 Å². The van der Waals surface area contributed by atoms with E-state index in [0.717, 1.165) is 6.04 Å². The summed E-state index contributed by atoms with van der Waals surface area (Å²) in [6.45, 7) is 1.90. The fraction of sp³-hybridized carbons (Fsp3) is 0.917. The van der Waals surface area contributed by atoms with Gasteiger partial charge >= 0.3 is 66.0 Å². The summed E-state index contributed by atoms with van der Waals surface area (Å²) in [5.41, 5.74) is 0. The second-order valence-electron chi connectivity index (χ2n) is 7.01. The van der Waals surface area contributed by atoms with Crippen molar-refractivity contribution in [1.29, 1.82) is 0 Å². The van der Waals surface area contributed by atoms with Crippen LogP contribution in [0.15, 0.2) is 5.11 Å². The Hall–Kier alpha value is -0.890. The first-order chi connectivity index (χ1) is 12.3. The maximum absolute atomic E-state index is 10.7. The van der Waals surface area contributed by atoms with Gasteiger partial charge in [0.2, 0.25) is 0 Å². The Balaban J connectivity index is 0.000000255. The molecule has 0 spiro atoms. The van der Waals surface area contributed by atoms with Crippen molar-refractivity contribution in [3.8, 4) is 6.07 Å². The van der Waals surface area contributed by atoms with Gasteiger partial charge in [0.05, 0.1) is 13.3 Å². The molecule has 1 aliphatic heterocycles. The van der Waals surface area contributed by atoms with E-state index in [-0.39, 0.29) is 0 Å². The SMILES string of the molecule is CC#[N+]C1CCC([N+]2=N[C@H]3CC[C@@H]2C3)C1.F[P-](F)(F)(F)(F)F.F[P-](F)(F)(F)(F)F. The normalized spacial score (nSPS) is 33.2. The van der Waals surface area contributed by atoms with Crippen molar-refractivity contribution in [1.82, 2.24) is 0 Å². The van der Waals surface area contributed by atoms with Gasteiger partial charge in [0.1, 0.15) is 6.04 Å². The summed E-state index contributed by atoms with van der Waals surface area (Å²) in [5.74, 6) is 0. The van der Waals surface area contributed by atoms with Crippen LogP contribution in [-0.2, 0) is 0 Å². The van der Waals surface area contributed by atoms with E-state index in [1.165, 1.54) is 38.5 Å². The molecule has 0 amide bonds. The van der Waals surface area contributed by atoms with Crippen LogP contribution in [0.1, 0.15) is 45.4 Å². The quantitative estimate of drug-likeness (QED) is 0.196. The van der Waals surface area contributed by atoms with Gasteiger partial charge in [-0.25, -0.2) is 0 Å². The fourth-order valence-electron chi connectivity index (χ4n) is 3.43. The van der Waals surface area contributed by atoms with Crippen LogP contribution in [0, 0.1) is 6.07 Å². The molecule has 3 aliphatic rings. The third kappa shape index (κ3) is 16.6. The molecule has 0 radical (unpaired) electrons. The van der Waals surface area contributed by atoms with E-state index in [1.54, 1.807) is 0 Å². The Bertz CT molecular complexity index is 664. The number of hydrogen-bond acceptors (Lipinski definition) is 1. The summed E-state index contributed by atoms with van der Waals surface area (Å²) in [4.78, 5) is 4.39. The van der Waals surface area contributed by atoms with Crippen molar-refractivity contribution in [3.63, 3.8) is 0 Å². The van der Waals surface area contributed by atoms with Gasteiger partial charge in [0.25, 0.3) is 12.1 Å². The average Bonchev–Trinajstić information content (AvgIpc) is 3.06. The fourth-order valence-corrected chi connectivity index (χ4v) is 3.43. The van der Waals surface area contributed by atoms with Crippen molar-refractivity contribution in [2.24, 2.45) is 5.11 Å². The van der Waals surface area contributed by atoms with Crippen LogP contribution in [-0.4, -0.2) is 28.9 Å².